The summed E-state index contributed by atoms with van der Waals surface area (Å²) >= 11 is 0. The average Bonchev–Trinajstić information content (AvgIpc) is 2.96. The molecule has 1 heterocycles. The van der Waals surface area contributed by atoms with Crippen LogP contribution in [-0.2, 0) is 14.9 Å². The van der Waals surface area contributed by atoms with E-state index in [0.717, 1.165) is 24.8 Å². The van der Waals surface area contributed by atoms with E-state index in [1.807, 2.05) is 6.92 Å². The first-order valence-corrected chi connectivity index (χ1v) is 9.60. The molecule has 0 amide bonds. The van der Waals surface area contributed by atoms with Crippen molar-refractivity contribution in [1.29, 1.82) is 0 Å². The van der Waals surface area contributed by atoms with E-state index in [0.29, 0.717) is 6.61 Å². The van der Waals surface area contributed by atoms with Crippen LogP contribution in [0.15, 0.2) is 24.0 Å². The summed E-state index contributed by atoms with van der Waals surface area (Å²) in [5.74, 6) is -3.61. The molecule has 1 aliphatic heterocycles. The molecule has 1 aromatic rings. The predicted molar refractivity (Wildman–Crippen MR) is 98.2 cm³/mol. The molecule has 0 bridgehead atoms. The van der Waals surface area contributed by atoms with Crippen LogP contribution in [-0.4, -0.2) is 42.0 Å². The molecule has 4 atom stereocenters. The Morgan fingerprint density at radius 3 is 2.57 bits per heavy atom. The molecule has 0 spiro atoms. The molecule has 6 nitrogen and oxygen atoms in total. The van der Waals surface area contributed by atoms with Gasteiger partial charge in [-0.1, -0.05) is 20.3 Å². The number of carbonyl (C=O) groups is 3. The van der Waals surface area contributed by atoms with Crippen molar-refractivity contribution < 1.29 is 29.0 Å². The van der Waals surface area contributed by atoms with E-state index in [-0.39, 0.29) is 33.6 Å². The van der Waals surface area contributed by atoms with Gasteiger partial charge in [0.05, 0.1) is 13.7 Å². The van der Waals surface area contributed by atoms with Gasteiger partial charge in [-0.15, -0.1) is 0 Å². The quantitative estimate of drug-likeness (QED) is 0.803. The van der Waals surface area contributed by atoms with Crippen LogP contribution in [0.1, 0.15) is 69.7 Å². The van der Waals surface area contributed by atoms with E-state index in [2.05, 4.69) is 6.92 Å². The van der Waals surface area contributed by atoms with Gasteiger partial charge in [-0.3, -0.25) is 14.4 Å². The summed E-state index contributed by atoms with van der Waals surface area (Å²) in [5.41, 5.74) is 0.593. The minimum atomic E-state index is -1.90. The number of carbonyl (C=O) groups excluding carboxylic acids is 3. The highest BCUT2D eigenvalue weighted by atomic mass is 16.6. The number of hydrogen-bond acceptors (Lipinski definition) is 6. The maximum atomic E-state index is 13.3. The van der Waals surface area contributed by atoms with E-state index in [1.54, 1.807) is 6.07 Å². The Balaban J connectivity index is 1.79. The van der Waals surface area contributed by atoms with Crippen LogP contribution in [0.5, 0.6) is 0 Å². The molecule has 4 unspecified atom stereocenters. The van der Waals surface area contributed by atoms with Crippen molar-refractivity contribution in [2.45, 2.75) is 44.3 Å². The molecule has 146 valence electrons. The molecule has 2 fully saturated rings. The topological polar surface area (TPSA) is 89.9 Å². The van der Waals surface area contributed by atoms with E-state index in [9.17, 15) is 19.5 Å². The Bertz CT molecular complexity index is 1010. The summed E-state index contributed by atoms with van der Waals surface area (Å²) in [6, 6.07) is 3.14. The van der Waals surface area contributed by atoms with Crippen LogP contribution in [0, 0.1) is 11.3 Å². The number of Topliss-reactive ketones (excluding diaryl/α,β-unsaturated/α-hetero) is 2. The Hall–Kier alpha value is -2.31. The molecular formula is C22H22O6. The maximum Gasteiger partial charge on any atom is 0.235 e. The molecule has 4 aliphatic rings. The summed E-state index contributed by atoms with van der Waals surface area (Å²) in [6.07, 6.45) is 3.79. The summed E-state index contributed by atoms with van der Waals surface area (Å²) in [6.45, 7) is 4.42. The molecule has 1 saturated carbocycles. The maximum absolute atomic E-state index is 13.3. The van der Waals surface area contributed by atoms with Crippen molar-refractivity contribution in [1.82, 2.24) is 0 Å². The molecule has 1 saturated heterocycles. The highest BCUT2D eigenvalue weighted by Gasteiger charge is 2.70. The van der Waals surface area contributed by atoms with Gasteiger partial charge in [-0.05, 0) is 30.5 Å². The second-order valence-corrected chi connectivity index (χ2v) is 9.02. The highest BCUT2D eigenvalue weighted by molar-refractivity contribution is 6.24. The lowest BCUT2D eigenvalue weighted by Gasteiger charge is -2.54. The SMILES string of the molecule is COC1=CC(=O)c2cc3c(cc2C1=O)C(=O)C1(O)OCC2(C)CCCC3(C)C21. The monoisotopic (exact) mass is 382 g/mol. The summed E-state index contributed by atoms with van der Waals surface area (Å²) in [4.78, 5) is 38.7. The number of methoxy groups -OCH3 is 1. The van der Waals surface area contributed by atoms with E-state index in [4.69, 9.17) is 9.47 Å². The molecule has 0 aromatic heterocycles. The van der Waals surface area contributed by atoms with Crippen molar-refractivity contribution in [3.63, 3.8) is 0 Å². The Labute approximate surface area is 162 Å². The van der Waals surface area contributed by atoms with Gasteiger partial charge in [0.2, 0.25) is 17.4 Å². The number of ketones is 3. The standard InChI is InChI=1S/C22H22O6/c1-20-5-4-6-21(2)14-8-11-12(17(24)16(27-3)9-15(11)23)7-13(14)18(25)22(26,19(20)21)28-10-20/h7-9,19,26H,4-6,10H2,1-3H3. The number of ether oxygens (including phenoxy) is 2. The first-order chi connectivity index (χ1) is 13.2. The van der Waals surface area contributed by atoms with Gasteiger partial charge in [-0.2, -0.15) is 0 Å². The molecule has 3 aliphatic carbocycles. The second-order valence-electron chi connectivity index (χ2n) is 9.02. The van der Waals surface area contributed by atoms with Gasteiger partial charge in [0.15, 0.2) is 11.5 Å². The molecule has 0 radical (unpaired) electrons. The zero-order valence-corrected chi connectivity index (χ0v) is 16.1. The Morgan fingerprint density at radius 1 is 1.11 bits per heavy atom. The lowest BCUT2D eigenvalue weighted by Crippen LogP contribution is -2.61. The van der Waals surface area contributed by atoms with Gasteiger partial charge in [0.25, 0.3) is 0 Å². The minimum Gasteiger partial charge on any atom is -0.492 e. The van der Waals surface area contributed by atoms with Crippen LogP contribution in [0.2, 0.25) is 0 Å². The highest BCUT2D eigenvalue weighted by Crippen LogP contribution is 2.64. The van der Waals surface area contributed by atoms with Crippen LogP contribution >= 0.6 is 0 Å². The lowest BCUT2D eigenvalue weighted by molar-refractivity contribution is -0.176. The molecule has 6 heteroatoms. The van der Waals surface area contributed by atoms with Crippen molar-refractivity contribution in [3.8, 4) is 0 Å². The van der Waals surface area contributed by atoms with Crippen molar-refractivity contribution in [2.24, 2.45) is 11.3 Å². The molecule has 1 N–H and O–H groups in total. The fraction of sp³-hybridized carbons (Fsp3) is 0.500. The van der Waals surface area contributed by atoms with Crippen LogP contribution in [0.25, 0.3) is 0 Å². The van der Waals surface area contributed by atoms with Crippen LogP contribution in [0.4, 0.5) is 0 Å². The van der Waals surface area contributed by atoms with Crippen molar-refractivity contribution in [2.75, 3.05) is 13.7 Å². The summed E-state index contributed by atoms with van der Waals surface area (Å²) in [7, 11) is 1.33. The smallest absolute Gasteiger partial charge is 0.235 e. The second kappa shape index (κ2) is 5.19. The lowest BCUT2D eigenvalue weighted by atomic mass is 9.49. The van der Waals surface area contributed by atoms with Crippen LogP contribution < -0.4 is 0 Å². The number of hydrogen-bond donors (Lipinski definition) is 1. The van der Waals surface area contributed by atoms with E-state index in [1.165, 1.54) is 19.3 Å². The molecule has 1 aromatic carbocycles. The Kier molecular flexibility index (Phi) is 3.29. The zero-order valence-electron chi connectivity index (χ0n) is 16.1. The van der Waals surface area contributed by atoms with Gasteiger partial charge < -0.3 is 14.6 Å². The van der Waals surface area contributed by atoms with Crippen molar-refractivity contribution in [3.05, 3.63) is 46.2 Å². The third kappa shape index (κ3) is 1.87. The molecule has 28 heavy (non-hydrogen) atoms. The fourth-order valence-corrected chi connectivity index (χ4v) is 6.21. The van der Waals surface area contributed by atoms with Gasteiger partial charge in [0.1, 0.15) is 0 Å². The number of allylic oxidation sites excluding steroid dienone is 2. The normalized spacial score (nSPS) is 38.5. The van der Waals surface area contributed by atoms with E-state index < -0.39 is 28.7 Å². The van der Waals surface area contributed by atoms with Gasteiger partial charge in [0, 0.05) is 39.5 Å². The number of benzene rings is 1. The first kappa shape index (κ1) is 17.8. The molecular weight excluding hydrogens is 360 g/mol. The minimum absolute atomic E-state index is 0.0501. The molecule has 5 rings (SSSR count). The zero-order chi connectivity index (χ0) is 20.1. The van der Waals surface area contributed by atoms with Gasteiger partial charge >= 0.3 is 0 Å². The predicted octanol–water partition coefficient (Wildman–Crippen LogP) is 2.58. The fourth-order valence-electron chi connectivity index (χ4n) is 6.21. The average molecular weight is 382 g/mol. The van der Waals surface area contributed by atoms with Gasteiger partial charge in [-0.25, -0.2) is 0 Å². The van der Waals surface area contributed by atoms with Crippen molar-refractivity contribution >= 4 is 17.3 Å². The number of rotatable bonds is 1. The summed E-state index contributed by atoms with van der Waals surface area (Å²) < 4.78 is 10.8. The number of aliphatic hydroxyl groups is 1. The third-order valence-corrected chi connectivity index (χ3v) is 7.35. The first-order valence-electron chi connectivity index (χ1n) is 9.60. The summed E-state index contributed by atoms with van der Waals surface area (Å²) in [5, 5.41) is 11.3. The number of fused-ring (bicyclic) bond motifs is 3. The van der Waals surface area contributed by atoms with Crippen LogP contribution in [0.3, 0.4) is 0 Å². The largest absolute Gasteiger partial charge is 0.492 e. The third-order valence-electron chi connectivity index (χ3n) is 7.35. The van der Waals surface area contributed by atoms with E-state index >= 15 is 0 Å². The Morgan fingerprint density at radius 2 is 1.86 bits per heavy atom.